The van der Waals surface area contributed by atoms with Crippen LogP contribution in [0.3, 0.4) is 0 Å². The molecule has 108 valence electrons. The zero-order valence-electron chi connectivity index (χ0n) is 13.2. The normalized spacial score (nSPS) is 14.6. The zero-order chi connectivity index (χ0) is 14.1. The Kier molecular flexibility index (Phi) is 7.81. The minimum Gasteiger partial charge on any atom is -0.309 e. The first-order valence-electron chi connectivity index (χ1n) is 8.01. The second-order valence-electron chi connectivity index (χ2n) is 5.77. The van der Waals surface area contributed by atoms with E-state index in [4.69, 9.17) is 0 Å². The predicted octanol–water partition coefficient (Wildman–Crippen LogP) is 5.19. The highest BCUT2D eigenvalue weighted by Crippen LogP contribution is 2.27. The topological polar surface area (TPSA) is 12.0 Å². The quantitative estimate of drug-likeness (QED) is 0.645. The van der Waals surface area contributed by atoms with Gasteiger partial charge in [0, 0.05) is 6.04 Å². The van der Waals surface area contributed by atoms with Crippen LogP contribution in [0.2, 0.25) is 0 Å². The van der Waals surface area contributed by atoms with Gasteiger partial charge in [-0.3, -0.25) is 0 Å². The van der Waals surface area contributed by atoms with E-state index in [-0.39, 0.29) is 0 Å². The van der Waals surface area contributed by atoms with E-state index >= 15 is 0 Å². The summed E-state index contributed by atoms with van der Waals surface area (Å²) < 4.78 is 0. The Morgan fingerprint density at radius 2 is 1.63 bits per heavy atom. The van der Waals surface area contributed by atoms with Crippen LogP contribution in [0.4, 0.5) is 0 Å². The van der Waals surface area contributed by atoms with E-state index in [2.05, 4.69) is 63.3 Å². The molecule has 0 aromatic heterocycles. The van der Waals surface area contributed by atoms with Crippen molar-refractivity contribution in [1.29, 1.82) is 0 Å². The molecule has 0 spiro atoms. The first kappa shape index (κ1) is 16.2. The maximum atomic E-state index is 3.82. The molecule has 0 amide bonds. The Hall–Kier alpha value is -0.820. The number of nitrogens with one attached hydrogen (secondary N) is 1. The summed E-state index contributed by atoms with van der Waals surface area (Å²) in [7, 11) is 0. The van der Waals surface area contributed by atoms with Gasteiger partial charge in [-0.25, -0.2) is 0 Å². The molecule has 1 N–H and O–H groups in total. The van der Waals surface area contributed by atoms with E-state index < -0.39 is 0 Å². The molecule has 0 radical (unpaired) electrons. The third-order valence-corrected chi connectivity index (χ3v) is 4.15. The van der Waals surface area contributed by atoms with E-state index in [0.29, 0.717) is 6.04 Å². The SMILES string of the molecule is CCCC(C)CNC(c1ccccc1)C(CC)CC. The highest BCUT2D eigenvalue weighted by atomic mass is 14.9. The Balaban J connectivity index is 2.70. The summed E-state index contributed by atoms with van der Waals surface area (Å²) in [4.78, 5) is 0. The van der Waals surface area contributed by atoms with Crippen molar-refractivity contribution in [3.63, 3.8) is 0 Å². The van der Waals surface area contributed by atoms with Gasteiger partial charge in [-0.15, -0.1) is 0 Å². The van der Waals surface area contributed by atoms with E-state index in [1.54, 1.807) is 0 Å². The van der Waals surface area contributed by atoms with E-state index in [9.17, 15) is 0 Å². The first-order valence-corrected chi connectivity index (χ1v) is 8.01. The molecule has 0 bridgehead atoms. The van der Waals surface area contributed by atoms with Gasteiger partial charge in [0.1, 0.15) is 0 Å². The molecule has 1 aromatic rings. The molecule has 1 aromatic carbocycles. The minimum atomic E-state index is 0.510. The van der Waals surface area contributed by atoms with Gasteiger partial charge >= 0.3 is 0 Å². The van der Waals surface area contributed by atoms with Gasteiger partial charge in [0.15, 0.2) is 0 Å². The number of hydrogen-bond acceptors (Lipinski definition) is 1. The molecule has 0 aliphatic rings. The van der Waals surface area contributed by atoms with Crippen LogP contribution in [0.5, 0.6) is 0 Å². The highest BCUT2D eigenvalue weighted by molar-refractivity contribution is 5.19. The lowest BCUT2D eigenvalue weighted by atomic mass is 9.88. The van der Waals surface area contributed by atoms with Crippen molar-refractivity contribution in [1.82, 2.24) is 5.32 Å². The largest absolute Gasteiger partial charge is 0.309 e. The van der Waals surface area contributed by atoms with Crippen molar-refractivity contribution in [3.8, 4) is 0 Å². The molecule has 2 unspecified atom stereocenters. The maximum Gasteiger partial charge on any atom is 0.0348 e. The molecule has 1 rings (SSSR count). The third kappa shape index (κ3) is 5.36. The summed E-state index contributed by atoms with van der Waals surface area (Å²) in [5, 5.41) is 3.82. The molecule has 0 heterocycles. The summed E-state index contributed by atoms with van der Waals surface area (Å²) in [6.07, 6.45) is 5.08. The minimum absolute atomic E-state index is 0.510. The highest BCUT2D eigenvalue weighted by Gasteiger charge is 2.20. The molecule has 19 heavy (non-hydrogen) atoms. The van der Waals surface area contributed by atoms with Crippen LogP contribution in [0.25, 0.3) is 0 Å². The van der Waals surface area contributed by atoms with Crippen LogP contribution < -0.4 is 5.32 Å². The van der Waals surface area contributed by atoms with Crippen LogP contribution >= 0.6 is 0 Å². The Labute approximate surface area is 119 Å². The van der Waals surface area contributed by atoms with Crippen LogP contribution in [0.15, 0.2) is 30.3 Å². The lowest BCUT2D eigenvalue weighted by Crippen LogP contribution is -2.31. The summed E-state index contributed by atoms with van der Waals surface area (Å²) in [6.45, 7) is 10.4. The maximum absolute atomic E-state index is 3.82. The molecule has 0 saturated heterocycles. The smallest absolute Gasteiger partial charge is 0.0348 e. The number of hydrogen-bond donors (Lipinski definition) is 1. The number of benzene rings is 1. The fourth-order valence-corrected chi connectivity index (χ4v) is 2.90. The van der Waals surface area contributed by atoms with Crippen LogP contribution in [-0.2, 0) is 0 Å². The first-order chi connectivity index (χ1) is 9.22. The van der Waals surface area contributed by atoms with Crippen molar-refractivity contribution in [2.24, 2.45) is 11.8 Å². The molecular weight excluding hydrogens is 230 g/mol. The fraction of sp³-hybridized carbons (Fsp3) is 0.667. The Morgan fingerprint density at radius 3 is 2.16 bits per heavy atom. The lowest BCUT2D eigenvalue weighted by Gasteiger charge is -2.28. The van der Waals surface area contributed by atoms with Crippen LogP contribution in [0.1, 0.15) is 65.0 Å². The molecule has 0 fully saturated rings. The van der Waals surface area contributed by atoms with Crippen molar-refractivity contribution in [3.05, 3.63) is 35.9 Å². The van der Waals surface area contributed by atoms with Crippen molar-refractivity contribution >= 4 is 0 Å². The Morgan fingerprint density at radius 1 is 1.00 bits per heavy atom. The van der Waals surface area contributed by atoms with Crippen molar-refractivity contribution < 1.29 is 0 Å². The van der Waals surface area contributed by atoms with Gasteiger partial charge < -0.3 is 5.32 Å². The molecule has 0 aliphatic heterocycles. The third-order valence-electron chi connectivity index (χ3n) is 4.15. The average molecular weight is 261 g/mol. The number of rotatable bonds is 9. The van der Waals surface area contributed by atoms with Gasteiger partial charge in [0.2, 0.25) is 0 Å². The summed E-state index contributed by atoms with van der Waals surface area (Å²) in [6, 6.07) is 11.5. The van der Waals surface area contributed by atoms with E-state index in [1.807, 2.05) is 0 Å². The molecule has 2 atom stereocenters. The second-order valence-corrected chi connectivity index (χ2v) is 5.77. The lowest BCUT2D eigenvalue weighted by molar-refractivity contribution is 0.319. The van der Waals surface area contributed by atoms with Crippen molar-refractivity contribution in [2.45, 2.75) is 59.4 Å². The monoisotopic (exact) mass is 261 g/mol. The van der Waals surface area contributed by atoms with Gasteiger partial charge in [-0.1, -0.05) is 77.3 Å². The molecular formula is C18H31N. The van der Waals surface area contributed by atoms with Gasteiger partial charge in [-0.05, 0) is 30.4 Å². The summed E-state index contributed by atoms with van der Waals surface area (Å²) >= 11 is 0. The molecule has 1 heteroatoms. The Bertz CT molecular complexity index is 316. The van der Waals surface area contributed by atoms with E-state index in [1.165, 1.54) is 31.2 Å². The molecule has 1 nitrogen and oxygen atoms in total. The predicted molar refractivity (Wildman–Crippen MR) is 85.3 cm³/mol. The van der Waals surface area contributed by atoms with Gasteiger partial charge in [0.25, 0.3) is 0 Å². The second kappa shape index (κ2) is 9.14. The summed E-state index contributed by atoms with van der Waals surface area (Å²) in [5.74, 6) is 1.50. The van der Waals surface area contributed by atoms with Gasteiger partial charge in [0.05, 0.1) is 0 Å². The van der Waals surface area contributed by atoms with Crippen LogP contribution in [0, 0.1) is 11.8 Å². The standard InChI is InChI=1S/C18H31N/c1-5-11-15(4)14-19-18(16(6-2)7-3)17-12-9-8-10-13-17/h8-10,12-13,15-16,18-19H,5-7,11,14H2,1-4H3. The fourth-order valence-electron chi connectivity index (χ4n) is 2.90. The molecule has 0 aliphatic carbocycles. The van der Waals surface area contributed by atoms with Gasteiger partial charge in [-0.2, -0.15) is 0 Å². The van der Waals surface area contributed by atoms with Crippen molar-refractivity contribution in [2.75, 3.05) is 6.54 Å². The average Bonchev–Trinajstić information content (AvgIpc) is 2.44. The molecule has 0 saturated carbocycles. The van der Waals surface area contributed by atoms with Crippen LogP contribution in [-0.4, -0.2) is 6.54 Å². The van der Waals surface area contributed by atoms with E-state index in [0.717, 1.165) is 18.4 Å². The summed E-state index contributed by atoms with van der Waals surface area (Å²) in [5.41, 5.74) is 1.44. The zero-order valence-corrected chi connectivity index (χ0v) is 13.2.